The van der Waals surface area contributed by atoms with Crippen LogP contribution in [0.1, 0.15) is 36.8 Å². The number of aryl methyl sites for hydroxylation is 1. The van der Waals surface area contributed by atoms with Crippen molar-refractivity contribution in [3.05, 3.63) is 52.7 Å². The summed E-state index contributed by atoms with van der Waals surface area (Å²) in [5.74, 6) is 0.804. The highest BCUT2D eigenvalue weighted by Gasteiger charge is 2.35. The standard InChI is InChI=1S/C18H18ClF3N6/c1-10(2)28-9-14(18(20,21)22)24-16(28)13-6-4-12(5-7-13)8-23-15-11(3)26-27-17(19)25-15/h4-7,9-10H,8H2,1-3H3,(H,23,25,27). The fourth-order valence-corrected chi connectivity index (χ4v) is 2.74. The zero-order chi connectivity index (χ0) is 20.5. The van der Waals surface area contributed by atoms with E-state index < -0.39 is 11.9 Å². The Balaban J connectivity index is 1.81. The van der Waals surface area contributed by atoms with Gasteiger partial charge < -0.3 is 9.88 Å². The number of aromatic nitrogens is 5. The minimum atomic E-state index is -4.48. The van der Waals surface area contributed by atoms with Gasteiger partial charge in [0.15, 0.2) is 11.5 Å². The summed E-state index contributed by atoms with van der Waals surface area (Å²) < 4.78 is 40.6. The highest BCUT2D eigenvalue weighted by Crippen LogP contribution is 2.32. The number of rotatable bonds is 5. The Hall–Kier alpha value is -2.68. The van der Waals surface area contributed by atoms with Crippen molar-refractivity contribution in [2.24, 2.45) is 0 Å². The van der Waals surface area contributed by atoms with Crippen molar-refractivity contribution in [1.29, 1.82) is 0 Å². The van der Waals surface area contributed by atoms with Crippen LogP contribution in [0.2, 0.25) is 5.28 Å². The maximum atomic E-state index is 13.0. The molecular weight excluding hydrogens is 393 g/mol. The van der Waals surface area contributed by atoms with Gasteiger partial charge >= 0.3 is 6.18 Å². The molecule has 0 saturated heterocycles. The lowest BCUT2D eigenvalue weighted by atomic mass is 10.1. The lowest BCUT2D eigenvalue weighted by molar-refractivity contribution is -0.140. The number of hydrogen-bond acceptors (Lipinski definition) is 5. The molecule has 1 N–H and O–H groups in total. The molecule has 2 aromatic heterocycles. The molecule has 0 aliphatic rings. The summed E-state index contributed by atoms with van der Waals surface area (Å²) in [6, 6.07) is 6.98. The van der Waals surface area contributed by atoms with Crippen LogP contribution in [0.3, 0.4) is 0 Å². The Morgan fingerprint density at radius 3 is 2.39 bits per heavy atom. The van der Waals surface area contributed by atoms with Gasteiger partial charge in [-0.2, -0.15) is 18.2 Å². The minimum Gasteiger partial charge on any atom is -0.364 e. The van der Waals surface area contributed by atoms with E-state index in [1.807, 2.05) is 26.0 Å². The van der Waals surface area contributed by atoms with Gasteiger partial charge in [0.2, 0.25) is 5.28 Å². The van der Waals surface area contributed by atoms with E-state index in [9.17, 15) is 13.2 Å². The predicted octanol–water partition coefficient (Wildman–Crippen LogP) is 4.91. The zero-order valence-electron chi connectivity index (χ0n) is 15.4. The van der Waals surface area contributed by atoms with Crippen LogP contribution < -0.4 is 5.32 Å². The maximum absolute atomic E-state index is 13.0. The average molecular weight is 411 g/mol. The fraction of sp³-hybridized carbons (Fsp3) is 0.333. The summed E-state index contributed by atoms with van der Waals surface area (Å²) in [5.41, 5.74) is 1.23. The summed E-state index contributed by atoms with van der Waals surface area (Å²) in [5, 5.41) is 10.7. The third kappa shape index (κ3) is 4.41. The van der Waals surface area contributed by atoms with E-state index in [2.05, 4.69) is 25.5 Å². The molecule has 10 heteroatoms. The van der Waals surface area contributed by atoms with Crippen LogP contribution >= 0.6 is 11.6 Å². The lowest BCUT2D eigenvalue weighted by Crippen LogP contribution is -2.06. The molecule has 0 fully saturated rings. The Labute approximate surface area is 164 Å². The van der Waals surface area contributed by atoms with Crippen molar-refractivity contribution in [1.82, 2.24) is 24.7 Å². The molecule has 3 aromatic rings. The van der Waals surface area contributed by atoms with E-state index in [0.29, 0.717) is 23.6 Å². The molecule has 0 unspecified atom stereocenters. The van der Waals surface area contributed by atoms with E-state index in [1.165, 1.54) is 4.57 Å². The van der Waals surface area contributed by atoms with Gasteiger partial charge in [-0.25, -0.2) is 4.98 Å². The summed E-state index contributed by atoms with van der Waals surface area (Å²) in [6.07, 6.45) is -3.44. The molecule has 0 atom stereocenters. The van der Waals surface area contributed by atoms with Gasteiger partial charge in [0.25, 0.3) is 0 Å². The Bertz CT molecular complexity index is 966. The largest absolute Gasteiger partial charge is 0.434 e. The van der Waals surface area contributed by atoms with E-state index in [-0.39, 0.29) is 17.1 Å². The Morgan fingerprint density at radius 2 is 1.79 bits per heavy atom. The summed E-state index contributed by atoms with van der Waals surface area (Å²) >= 11 is 5.75. The molecule has 0 amide bonds. The number of alkyl halides is 3. The fourth-order valence-electron chi connectivity index (χ4n) is 2.62. The first-order valence-corrected chi connectivity index (χ1v) is 8.89. The molecule has 0 radical (unpaired) electrons. The molecule has 28 heavy (non-hydrogen) atoms. The van der Waals surface area contributed by atoms with E-state index >= 15 is 0 Å². The number of benzene rings is 1. The average Bonchev–Trinajstić information content (AvgIpc) is 3.09. The zero-order valence-corrected chi connectivity index (χ0v) is 16.2. The van der Waals surface area contributed by atoms with Crippen LogP contribution in [0.25, 0.3) is 11.4 Å². The Kier molecular flexibility index (Phi) is 5.55. The Morgan fingerprint density at radius 1 is 1.11 bits per heavy atom. The third-order valence-corrected chi connectivity index (χ3v) is 4.24. The molecule has 0 saturated carbocycles. The van der Waals surface area contributed by atoms with Crippen LogP contribution in [-0.2, 0) is 12.7 Å². The molecule has 2 heterocycles. The quantitative estimate of drug-likeness (QED) is 0.647. The highest BCUT2D eigenvalue weighted by molar-refractivity contribution is 6.28. The second-order valence-electron chi connectivity index (χ2n) is 6.51. The van der Waals surface area contributed by atoms with Gasteiger partial charge in [0.05, 0.1) is 0 Å². The van der Waals surface area contributed by atoms with Crippen molar-refractivity contribution in [2.75, 3.05) is 5.32 Å². The lowest BCUT2D eigenvalue weighted by Gasteiger charge is -2.12. The molecule has 0 aliphatic heterocycles. The van der Waals surface area contributed by atoms with Crippen LogP contribution in [0.5, 0.6) is 0 Å². The van der Waals surface area contributed by atoms with Crippen LogP contribution in [0.15, 0.2) is 30.5 Å². The van der Waals surface area contributed by atoms with Crippen molar-refractivity contribution >= 4 is 17.4 Å². The number of nitrogens with one attached hydrogen (secondary N) is 1. The van der Waals surface area contributed by atoms with E-state index in [4.69, 9.17) is 11.6 Å². The number of hydrogen-bond donors (Lipinski definition) is 1. The number of nitrogens with zero attached hydrogens (tertiary/aromatic N) is 5. The molecule has 148 valence electrons. The first kappa shape index (κ1) is 20.1. The monoisotopic (exact) mass is 410 g/mol. The minimum absolute atomic E-state index is 0.0458. The van der Waals surface area contributed by atoms with E-state index in [1.54, 1.807) is 19.1 Å². The van der Waals surface area contributed by atoms with Gasteiger partial charge in [-0.1, -0.05) is 24.3 Å². The third-order valence-electron chi connectivity index (χ3n) is 4.08. The molecule has 6 nitrogen and oxygen atoms in total. The van der Waals surface area contributed by atoms with Crippen LogP contribution in [0, 0.1) is 6.92 Å². The molecule has 0 bridgehead atoms. The molecule has 1 aromatic carbocycles. The van der Waals surface area contributed by atoms with Crippen molar-refractivity contribution in [3.8, 4) is 11.4 Å². The molecule has 3 rings (SSSR count). The van der Waals surface area contributed by atoms with Gasteiger partial charge in [0.1, 0.15) is 11.5 Å². The molecule has 0 spiro atoms. The second kappa shape index (κ2) is 7.75. The first-order valence-electron chi connectivity index (χ1n) is 8.51. The molecule has 0 aliphatic carbocycles. The normalized spacial score (nSPS) is 11.9. The van der Waals surface area contributed by atoms with Gasteiger partial charge in [0, 0.05) is 24.3 Å². The van der Waals surface area contributed by atoms with Crippen molar-refractivity contribution in [2.45, 2.75) is 39.5 Å². The van der Waals surface area contributed by atoms with Crippen molar-refractivity contribution < 1.29 is 13.2 Å². The maximum Gasteiger partial charge on any atom is 0.434 e. The smallest absolute Gasteiger partial charge is 0.364 e. The van der Waals surface area contributed by atoms with Crippen molar-refractivity contribution in [3.63, 3.8) is 0 Å². The van der Waals surface area contributed by atoms with Crippen LogP contribution in [0.4, 0.5) is 19.0 Å². The predicted molar refractivity (Wildman–Crippen MR) is 100.0 cm³/mol. The molecular formula is C18H18ClF3N6. The van der Waals surface area contributed by atoms with Gasteiger partial charge in [-0.3, -0.25) is 0 Å². The SMILES string of the molecule is Cc1nnc(Cl)nc1NCc1ccc(-c2nc(C(F)(F)F)cn2C(C)C)cc1. The summed E-state index contributed by atoms with van der Waals surface area (Å²) in [7, 11) is 0. The van der Waals surface area contributed by atoms with Crippen LogP contribution in [-0.4, -0.2) is 24.7 Å². The summed E-state index contributed by atoms with van der Waals surface area (Å²) in [6.45, 7) is 5.83. The second-order valence-corrected chi connectivity index (χ2v) is 6.85. The number of halogens is 4. The number of anilines is 1. The highest BCUT2D eigenvalue weighted by atomic mass is 35.5. The van der Waals surface area contributed by atoms with Gasteiger partial charge in [-0.05, 0) is 37.9 Å². The number of imidazole rings is 1. The van der Waals surface area contributed by atoms with Gasteiger partial charge in [-0.15, -0.1) is 10.2 Å². The summed E-state index contributed by atoms with van der Waals surface area (Å²) in [4.78, 5) is 7.87. The first-order chi connectivity index (χ1) is 13.1. The topological polar surface area (TPSA) is 68.5 Å². The van der Waals surface area contributed by atoms with E-state index in [0.717, 1.165) is 11.8 Å².